The van der Waals surface area contributed by atoms with E-state index in [-0.39, 0.29) is 12.2 Å². The van der Waals surface area contributed by atoms with E-state index in [2.05, 4.69) is 11.7 Å². The van der Waals surface area contributed by atoms with Crippen molar-refractivity contribution in [2.24, 2.45) is 0 Å². The Morgan fingerprint density at radius 1 is 1.00 bits per heavy atom. The first-order valence-corrected chi connectivity index (χ1v) is 9.29. The van der Waals surface area contributed by atoms with Gasteiger partial charge in [-0.2, -0.15) is 22.0 Å². The van der Waals surface area contributed by atoms with Crippen LogP contribution in [0.2, 0.25) is 0 Å². The minimum Gasteiger partial charge on any atom is -0.429 e. The number of hydrogen-bond donors (Lipinski definition) is 0. The van der Waals surface area contributed by atoms with Gasteiger partial charge in [0.1, 0.15) is 11.6 Å². The first-order chi connectivity index (χ1) is 13.6. The molecule has 0 bridgehead atoms. The number of benzene rings is 2. The molecule has 8 heteroatoms. The summed E-state index contributed by atoms with van der Waals surface area (Å²) in [4.78, 5) is 0. The van der Waals surface area contributed by atoms with Crippen LogP contribution in [0.1, 0.15) is 55.4 Å². The monoisotopic (exact) mass is 418 g/mol. The van der Waals surface area contributed by atoms with Crippen LogP contribution in [0.4, 0.5) is 26.3 Å². The van der Waals surface area contributed by atoms with Gasteiger partial charge in [-0.3, -0.25) is 0 Å². The molecular weight excluding hydrogens is 398 g/mol. The van der Waals surface area contributed by atoms with E-state index in [0.717, 1.165) is 31.2 Å². The van der Waals surface area contributed by atoms with Crippen LogP contribution in [0.15, 0.2) is 42.5 Å². The zero-order valence-electron chi connectivity index (χ0n) is 15.6. The van der Waals surface area contributed by atoms with Gasteiger partial charge in [0.05, 0.1) is 23.3 Å². The van der Waals surface area contributed by atoms with E-state index >= 15 is 0 Å². The van der Waals surface area contributed by atoms with Crippen molar-refractivity contribution in [3.05, 3.63) is 65.0 Å². The lowest BCUT2D eigenvalue weighted by atomic mass is 10.0. The van der Waals surface area contributed by atoms with Crippen molar-refractivity contribution in [3.63, 3.8) is 0 Å². The van der Waals surface area contributed by atoms with Crippen molar-refractivity contribution < 1.29 is 35.8 Å². The van der Waals surface area contributed by atoms with Crippen molar-refractivity contribution in [3.8, 4) is 5.75 Å². The Morgan fingerprint density at radius 3 is 2.28 bits per heavy atom. The molecule has 0 aromatic heterocycles. The molecule has 2 aromatic carbocycles. The molecule has 0 radical (unpaired) electrons. The molecule has 2 aromatic rings. The second-order valence-corrected chi connectivity index (χ2v) is 6.99. The molecule has 0 amide bonds. The summed E-state index contributed by atoms with van der Waals surface area (Å²) in [6.07, 6.45) is -5.07. The molecule has 0 N–H and O–H groups in total. The molecule has 1 heterocycles. The second kappa shape index (κ2) is 8.26. The average molecular weight is 418 g/mol. The van der Waals surface area contributed by atoms with E-state index in [4.69, 9.17) is 4.74 Å². The fraction of sp³-hybridized carbons (Fsp3) is 0.429. The van der Waals surface area contributed by atoms with E-state index < -0.39 is 35.0 Å². The van der Waals surface area contributed by atoms with Crippen LogP contribution in [-0.2, 0) is 17.0 Å². The van der Waals surface area contributed by atoms with Gasteiger partial charge < -0.3 is 9.47 Å². The molecule has 158 valence electrons. The highest BCUT2D eigenvalue weighted by Crippen LogP contribution is 2.38. The van der Waals surface area contributed by atoms with Crippen LogP contribution in [-0.4, -0.2) is 6.10 Å². The van der Waals surface area contributed by atoms with E-state index in [1.54, 1.807) is 0 Å². The number of halogens is 6. The van der Waals surface area contributed by atoms with Gasteiger partial charge in [0, 0.05) is 6.07 Å². The van der Waals surface area contributed by atoms with E-state index in [9.17, 15) is 26.3 Å². The normalized spacial score (nSPS) is 20.1. The third-order valence-electron chi connectivity index (χ3n) is 4.83. The highest BCUT2D eigenvalue weighted by atomic mass is 19.4. The van der Waals surface area contributed by atoms with Crippen LogP contribution in [0.25, 0.3) is 0 Å². The predicted octanol–water partition coefficient (Wildman–Crippen LogP) is 6.99. The minimum atomic E-state index is -4.92. The Balaban J connectivity index is 1.70. The molecule has 0 spiro atoms. The van der Waals surface area contributed by atoms with Crippen molar-refractivity contribution >= 4 is 0 Å². The van der Waals surface area contributed by atoms with Gasteiger partial charge in [0.15, 0.2) is 0 Å². The van der Waals surface area contributed by atoms with E-state index in [1.807, 2.05) is 0 Å². The molecule has 0 saturated carbocycles. The molecule has 0 aliphatic carbocycles. The van der Waals surface area contributed by atoms with Gasteiger partial charge in [0.2, 0.25) is 0 Å². The predicted molar refractivity (Wildman–Crippen MR) is 94.1 cm³/mol. The van der Waals surface area contributed by atoms with Crippen LogP contribution in [0.5, 0.6) is 5.75 Å². The third-order valence-corrected chi connectivity index (χ3v) is 4.83. The Kier molecular flexibility index (Phi) is 6.12. The van der Waals surface area contributed by atoms with E-state index in [1.165, 1.54) is 24.3 Å². The Bertz CT molecular complexity index is 832. The molecule has 1 saturated heterocycles. The van der Waals surface area contributed by atoms with Gasteiger partial charge >= 0.3 is 12.3 Å². The zero-order valence-corrected chi connectivity index (χ0v) is 15.6. The SMILES string of the molecule is CCCC1CCC(c2ccc(C(F)(F)Oc3ccc(C(F)(F)F)c(F)c3)cc2)O1. The van der Waals surface area contributed by atoms with Crippen LogP contribution in [0.3, 0.4) is 0 Å². The molecule has 1 aliphatic rings. The minimum absolute atomic E-state index is 0.154. The topological polar surface area (TPSA) is 18.5 Å². The summed E-state index contributed by atoms with van der Waals surface area (Å²) < 4.78 is 90.5. The van der Waals surface area contributed by atoms with Crippen LogP contribution >= 0.6 is 0 Å². The van der Waals surface area contributed by atoms with Gasteiger partial charge in [-0.15, -0.1) is 0 Å². The number of alkyl halides is 5. The Hall–Kier alpha value is -2.22. The van der Waals surface area contributed by atoms with Crippen LogP contribution < -0.4 is 4.74 Å². The van der Waals surface area contributed by atoms with Crippen molar-refractivity contribution in [2.45, 2.75) is 57.1 Å². The Labute approximate surface area is 164 Å². The standard InChI is InChI=1S/C21H20F6O2/c1-2-3-15-9-11-19(28-15)13-4-6-14(7-5-13)21(26,27)29-16-8-10-17(18(22)12-16)20(23,24)25/h4-8,10,12,15,19H,2-3,9,11H2,1H3. The summed E-state index contributed by atoms with van der Waals surface area (Å²) in [5.41, 5.74) is -1.27. The molecular formula is C21H20F6O2. The fourth-order valence-electron chi connectivity index (χ4n) is 3.37. The lowest BCUT2D eigenvalue weighted by molar-refractivity contribution is -0.185. The largest absolute Gasteiger partial charge is 0.429 e. The smallest absolute Gasteiger partial charge is 0.426 e. The van der Waals surface area contributed by atoms with Crippen molar-refractivity contribution in [1.82, 2.24) is 0 Å². The summed E-state index contributed by atoms with van der Waals surface area (Å²) in [7, 11) is 0. The number of hydrogen-bond acceptors (Lipinski definition) is 2. The van der Waals surface area contributed by atoms with Gasteiger partial charge in [-0.25, -0.2) is 4.39 Å². The number of ether oxygens (including phenoxy) is 2. The van der Waals surface area contributed by atoms with Gasteiger partial charge in [-0.1, -0.05) is 25.5 Å². The first-order valence-electron chi connectivity index (χ1n) is 9.29. The summed E-state index contributed by atoms with van der Waals surface area (Å²) in [5.74, 6) is -2.38. The quantitative estimate of drug-likeness (QED) is 0.471. The second-order valence-electron chi connectivity index (χ2n) is 6.99. The third kappa shape index (κ3) is 5.04. The molecule has 3 rings (SSSR count). The fourth-order valence-corrected chi connectivity index (χ4v) is 3.37. The maximum absolute atomic E-state index is 14.4. The van der Waals surface area contributed by atoms with Gasteiger partial charge in [-0.05, 0) is 49.1 Å². The molecule has 1 aliphatic heterocycles. The lowest BCUT2D eigenvalue weighted by Gasteiger charge is -2.20. The Morgan fingerprint density at radius 2 is 1.69 bits per heavy atom. The highest BCUT2D eigenvalue weighted by Gasteiger charge is 2.37. The van der Waals surface area contributed by atoms with Crippen molar-refractivity contribution in [2.75, 3.05) is 0 Å². The lowest BCUT2D eigenvalue weighted by Crippen LogP contribution is -2.22. The van der Waals surface area contributed by atoms with Gasteiger partial charge in [0.25, 0.3) is 0 Å². The summed E-state index contributed by atoms with van der Waals surface area (Å²) in [6.45, 7) is 2.07. The molecule has 2 unspecified atom stereocenters. The molecule has 1 fully saturated rings. The van der Waals surface area contributed by atoms with Crippen molar-refractivity contribution in [1.29, 1.82) is 0 Å². The maximum atomic E-state index is 14.4. The molecule has 2 atom stereocenters. The first kappa shape index (κ1) is 21.5. The number of rotatable bonds is 6. The molecule has 2 nitrogen and oxygen atoms in total. The summed E-state index contributed by atoms with van der Waals surface area (Å²) in [5, 5.41) is 0. The highest BCUT2D eigenvalue weighted by molar-refractivity contribution is 5.32. The summed E-state index contributed by atoms with van der Waals surface area (Å²) in [6, 6.07) is 6.70. The average Bonchev–Trinajstić information content (AvgIpc) is 3.09. The zero-order chi connectivity index (χ0) is 21.2. The maximum Gasteiger partial charge on any atom is 0.426 e. The summed E-state index contributed by atoms with van der Waals surface area (Å²) >= 11 is 0. The van der Waals surface area contributed by atoms with Crippen LogP contribution in [0, 0.1) is 5.82 Å². The van der Waals surface area contributed by atoms with E-state index in [0.29, 0.717) is 18.2 Å². The molecule has 29 heavy (non-hydrogen) atoms.